The second-order valence-corrected chi connectivity index (χ2v) is 4.78. The highest BCUT2D eigenvalue weighted by Crippen LogP contribution is 2.17. The largest absolute Gasteiger partial charge is 0.468 e. The van der Waals surface area contributed by atoms with Gasteiger partial charge in [-0.15, -0.1) is 0 Å². The summed E-state index contributed by atoms with van der Waals surface area (Å²) in [5.41, 5.74) is 0.111. The van der Waals surface area contributed by atoms with Crippen molar-refractivity contribution >= 4 is 11.8 Å². The summed E-state index contributed by atoms with van der Waals surface area (Å²) in [4.78, 5) is 27.2. The van der Waals surface area contributed by atoms with Gasteiger partial charge < -0.3 is 15.4 Å². The maximum absolute atomic E-state index is 12.0. The molecule has 0 saturated heterocycles. The topological polar surface area (TPSA) is 80.3 Å². The molecule has 128 valence electrons. The fourth-order valence-corrected chi connectivity index (χ4v) is 1.50. The number of hydrogen-bond donors (Lipinski definition) is 2. The number of carbonyl (C=O) groups is 2. The molecule has 0 bridgehead atoms. The highest BCUT2D eigenvalue weighted by atomic mass is 19.4. The van der Waals surface area contributed by atoms with Crippen molar-refractivity contribution in [2.45, 2.75) is 32.5 Å². The predicted molar refractivity (Wildman–Crippen MR) is 76.0 cm³/mol. The highest BCUT2D eigenvalue weighted by molar-refractivity contribution is 5.97. The summed E-state index contributed by atoms with van der Waals surface area (Å²) in [6.45, 7) is 2.47. The van der Waals surface area contributed by atoms with Gasteiger partial charge in [-0.05, 0) is 19.4 Å². The van der Waals surface area contributed by atoms with E-state index in [4.69, 9.17) is 0 Å². The standard InChI is InChI=1S/C14H18F3N3O3/c1-3-6-18-12(21)9(2)20-13(22)10-4-5-11(19-7-10)23-8-14(15,16)17/h4-5,7,9H,3,6,8H2,1-2H3,(H,18,21)(H,20,22)/t9-/m1/s1. The molecular weight excluding hydrogens is 315 g/mol. The van der Waals surface area contributed by atoms with Crippen LogP contribution in [-0.2, 0) is 4.79 Å². The average Bonchev–Trinajstić information content (AvgIpc) is 2.50. The molecule has 2 amide bonds. The van der Waals surface area contributed by atoms with E-state index in [2.05, 4.69) is 20.4 Å². The van der Waals surface area contributed by atoms with Crippen LogP contribution in [0.1, 0.15) is 30.6 Å². The van der Waals surface area contributed by atoms with Gasteiger partial charge >= 0.3 is 6.18 Å². The number of nitrogens with one attached hydrogen (secondary N) is 2. The van der Waals surface area contributed by atoms with E-state index >= 15 is 0 Å². The monoisotopic (exact) mass is 333 g/mol. The smallest absolute Gasteiger partial charge is 0.422 e. The molecule has 1 rings (SSSR count). The lowest BCUT2D eigenvalue weighted by molar-refractivity contribution is -0.154. The van der Waals surface area contributed by atoms with Crippen LogP contribution in [0.4, 0.5) is 13.2 Å². The summed E-state index contributed by atoms with van der Waals surface area (Å²) < 4.78 is 40.4. The SMILES string of the molecule is CCCNC(=O)[C@@H](C)NC(=O)c1ccc(OCC(F)(F)F)nc1. The van der Waals surface area contributed by atoms with Crippen LogP contribution < -0.4 is 15.4 Å². The van der Waals surface area contributed by atoms with Gasteiger partial charge in [-0.3, -0.25) is 9.59 Å². The number of carbonyl (C=O) groups excluding carboxylic acids is 2. The Balaban J connectivity index is 2.55. The van der Waals surface area contributed by atoms with Gasteiger partial charge in [-0.25, -0.2) is 4.98 Å². The quantitative estimate of drug-likeness (QED) is 0.795. The maximum atomic E-state index is 12.0. The van der Waals surface area contributed by atoms with Crippen LogP contribution in [0, 0.1) is 0 Å². The van der Waals surface area contributed by atoms with Crippen molar-refractivity contribution in [3.8, 4) is 5.88 Å². The van der Waals surface area contributed by atoms with Gasteiger partial charge in [0.2, 0.25) is 11.8 Å². The van der Waals surface area contributed by atoms with Gasteiger partial charge in [0.1, 0.15) is 6.04 Å². The lowest BCUT2D eigenvalue weighted by Gasteiger charge is -2.14. The zero-order chi connectivity index (χ0) is 17.5. The van der Waals surface area contributed by atoms with Gasteiger partial charge in [-0.1, -0.05) is 6.92 Å². The molecular formula is C14H18F3N3O3. The Labute approximate surface area is 131 Å². The normalized spacial score (nSPS) is 12.4. The third kappa shape index (κ3) is 6.98. The van der Waals surface area contributed by atoms with Crippen molar-refractivity contribution in [3.05, 3.63) is 23.9 Å². The number of nitrogens with zero attached hydrogens (tertiary/aromatic N) is 1. The number of aromatic nitrogens is 1. The molecule has 0 aromatic carbocycles. The minimum absolute atomic E-state index is 0.111. The molecule has 9 heteroatoms. The molecule has 0 radical (unpaired) electrons. The summed E-state index contributed by atoms with van der Waals surface area (Å²) in [7, 11) is 0. The van der Waals surface area contributed by atoms with E-state index in [0.717, 1.165) is 18.7 Å². The molecule has 23 heavy (non-hydrogen) atoms. The summed E-state index contributed by atoms with van der Waals surface area (Å²) >= 11 is 0. The van der Waals surface area contributed by atoms with Crippen LogP contribution in [0.15, 0.2) is 18.3 Å². The molecule has 1 atom stereocenters. The first-order valence-electron chi connectivity index (χ1n) is 6.97. The number of halogens is 3. The Bertz CT molecular complexity index is 532. The number of amides is 2. The van der Waals surface area contributed by atoms with Crippen molar-refractivity contribution in [3.63, 3.8) is 0 Å². The first-order valence-corrected chi connectivity index (χ1v) is 6.97. The van der Waals surface area contributed by atoms with E-state index < -0.39 is 24.7 Å². The Hall–Kier alpha value is -2.32. The number of alkyl halides is 3. The Morgan fingerprint density at radius 2 is 2.04 bits per heavy atom. The van der Waals surface area contributed by atoms with Gasteiger partial charge in [-0.2, -0.15) is 13.2 Å². The maximum Gasteiger partial charge on any atom is 0.422 e. The van der Waals surface area contributed by atoms with E-state index in [1.165, 1.54) is 13.0 Å². The summed E-state index contributed by atoms with van der Waals surface area (Å²) in [6.07, 6.45) is -2.60. The van der Waals surface area contributed by atoms with Crippen LogP contribution in [-0.4, -0.2) is 42.2 Å². The lowest BCUT2D eigenvalue weighted by atomic mass is 10.2. The first-order chi connectivity index (χ1) is 10.7. The number of pyridine rings is 1. The Morgan fingerprint density at radius 1 is 1.35 bits per heavy atom. The minimum atomic E-state index is -4.46. The van der Waals surface area contributed by atoms with E-state index in [1.54, 1.807) is 0 Å². The molecule has 0 unspecified atom stereocenters. The molecule has 1 aromatic rings. The second-order valence-electron chi connectivity index (χ2n) is 4.78. The van der Waals surface area contributed by atoms with Crippen LogP contribution in [0.25, 0.3) is 0 Å². The summed E-state index contributed by atoms with van der Waals surface area (Å²) in [6, 6.07) is 1.68. The molecule has 2 N–H and O–H groups in total. The summed E-state index contributed by atoms with van der Waals surface area (Å²) in [5.74, 6) is -1.12. The summed E-state index contributed by atoms with van der Waals surface area (Å²) in [5, 5.41) is 5.10. The van der Waals surface area contributed by atoms with Crippen molar-refractivity contribution in [1.29, 1.82) is 0 Å². The third-order valence-electron chi connectivity index (χ3n) is 2.67. The van der Waals surface area contributed by atoms with Gasteiger partial charge in [0.15, 0.2) is 6.61 Å². The van der Waals surface area contributed by atoms with Crippen molar-refractivity contribution in [2.24, 2.45) is 0 Å². The van der Waals surface area contributed by atoms with E-state index in [-0.39, 0.29) is 17.4 Å². The second kappa shape index (κ2) is 8.35. The highest BCUT2D eigenvalue weighted by Gasteiger charge is 2.28. The van der Waals surface area contributed by atoms with Crippen molar-refractivity contribution in [1.82, 2.24) is 15.6 Å². The van der Waals surface area contributed by atoms with E-state index in [1.807, 2.05) is 6.92 Å². The Kier molecular flexibility index (Phi) is 6.80. The van der Waals surface area contributed by atoms with Crippen LogP contribution in [0.5, 0.6) is 5.88 Å². The van der Waals surface area contributed by atoms with Gasteiger partial charge in [0, 0.05) is 18.8 Å². The van der Waals surface area contributed by atoms with Crippen LogP contribution in [0.3, 0.4) is 0 Å². The van der Waals surface area contributed by atoms with Gasteiger partial charge in [0.05, 0.1) is 5.56 Å². The zero-order valence-corrected chi connectivity index (χ0v) is 12.7. The van der Waals surface area contributed by atoms with Gasteiger partial charge in [0.25, 0.3) is 5.91 Å². The Morgan fingerprint density at radius 3 is 2.57 bits per heavy atom. The molecule has 0 aliphatic carbocycles. The molecule has 1 heterocycles. The number of ether oxygens (including phenoxy) is 1. The van der Waals surface area contributed by atoms with Crippen LogP contribution in [0.2, 0.25) is 0 Å². The molecule has 0 saturated carbocycles. The molecule has 1 aromatic heterocycles. The zero-order valence-electron chi connectivity index (χ0n) is 12.7. The fourth-order valence-electron chi connectivity index (χ4n) is 1.50. The minimum Gasteiger partial charge on any atom is -0.468 e. The van der Waals surface area contributed by atoms with Crippen molar-refractivity contribution < 1.29 is 27.5 Å². The molecule has 0 fully saturated rings. The van der Waals surface area contributed by atoms with E-state index in [9.17, 15) is 22.8 Å². The van der Waals surface area contributed by atoms with Crippen LogP contribution >= 0.6 is 0 Å². The van der Waals surface area contributed by atoms with Crippen molar-refractivity contribution in [2.75, 3.05) is 13.2 Å². The average molecular weight is 333 g/mol. The lowest BCUT2D eigenvalue weighted by Crippen LogP contribution is -2.45. The molecule has 0 aliphatic heterocycles. The molecule has 6 nitrogen and oxygen atoms in total. The number of rotatable bonds is 7. The molecule has 0 spiro atoms. The first kappa shape index (κ1) is 18.7. The number of hydrogen-bond acceptors (Lipinski definition) is 4. The van der Waals surface area contributed by atoms with E-state index in [0.29, 0.717) is 6.54 Å². The predicted octanol–water partition coefficient (Wildman–Crippen LogP) is 1.67. The molecule has 0 aliphatic rings. The fraction of sp³-hybridized carbons (Fsp3) is 0.500. The third-order valence-corrected chi connectivity index (χ3v) is 2.67.